The molecule has 0 radical (unpaired) electrons. The van der Waals surface area contributed by atoms with E-state index in [1.165, 1.54) is 4.90 Å². The van der Waals surface area contributed by atoms with Crippen LogP contribution in [0.4, 0.5) is 4.79 Å². The molecule has 11 nitrogen and oxygen atoms in total. The van der Waals surface area contributed by atoms with Crippen LogP contribution in [0, 0.1) is 34.0 Å². The molecule has 1 heterocycles. The maximum Gasteiger partial charge on any atom is 0.316 e. The van der Waals surface area contributed by atoms with E-state index in [0.29, 0.717) is 6.42 Å². The number of Topliss-reactive ketones (excluding diaryl/α,β-unsaturated/α-hetero) is 2. The minimum atomic E-state index is -1.11. The SMILES string of the molecule is CC(C)C(=O)[C@@H](NC(=O)N[C@H](C(=O)N1CC2=CC(C)(C)[C@@H]2[C@H]1C(=O)NC(CC1CC1)C(=O)C(N)=O)C(C)(C)C)C(C)(C)C. The summed E-state index contributed by atoms with van der Waals surface area (Å²) < 4.78 is 0. The monoisotopic (exact) mass is 601 g/mol. The van der Waals surface area contributed by atoms with Gasteiger partial charge in [-0.25, -0.2) is 4.79 Å². The number of nitrogens with zero attached hydrogens (tertiary/aromatic N) is 1. The number of carbonyl (C=O) groups is 6. The van der Waals surface area contributed by atoms with E-state index in [4.69, 9.17) is 5.73 Å². The molecule has 43 heavy (non-hydrogen) atoms. The summed E-state index contributed by atoms with van der Waals surface area (Å²) in [7, 11) is 0. The molecule has 1 unspecified atom stereocenters. The van der Waals surface area contributed by atoms with Crippen LogP contribution < -0.4 is 21.7 Å². The van der Waals surface area contributed by atoms with Gasteiger partial charge in [-0.15, -0.1) is 0 Å². The van der Waals surface area contributed by atoms with Crippen LogP contribution in [0.15, 0.2) is 11.6 Å². The lowest BCUT2D eigenvalue weighted by molar-refractivity contribution is -0.145. The van der Waals surface area contributed by atoms with Crippen molar-refractivity contribution in [2.45, 2.75) is 113 Å². The lowest BCUT2D eigenvalue weighted by Crippen LogP contribution is -2.62. The van der Waals surface area contributed by atoms with E-state index >= 15 is 0 Å². The molecule has 1 saturated heterocycles. The highest BCUT2D eigenvalue weighted by Crippen LogP contribution is 2.52. The molecule has 3 rings (SSSR count). The number of carbonyl (C=O) groups excluding carboxylic acids is 6. The van der Waals surface area contributed by atoms with E-state index in [0.717, 1.165) is 18.4 Å². The minimum Gasteiger partial charge on any atom is -0.363 e. The normalized spacial score (nSPS) is 23.2. The lowest BCUT2D eigenvalue weighted by Gasteiger charge is -2.42. The summed E-state index contributed by atoms with van der Waals surface area (Å²) >= 11 is 0. The minimum absolute atomic E-state index is 0.116. The summed E-state index contributed by atoms with van der Waals surface area (Å²) in [6.45, 7) is 18.8. The average Bonchev–Trinajstić information content (AvgIpc) is 3.61. The molecular weight excluding hydrogens is 550 g/mol. The van der Waals surface area contributed by atoms with Gasteiger partial charge in [-0.1, -0.05) is 88.2 Å². The van der Waals surface area contributed by atoms with Gasteiger partial charge in [0.2, 0.25) is 17.6 Å². The van der Waals surface area contributed by atoms with Crippen molar-refractivity contribution < 1.29 is 28.8 Å². The fourth-order valence-corrected chi connectivity index (χ4v) is 6.29. The number of rotatable bonds is 11. The third kappa shape index (κ3) is 7.65. The highest BCUT2D eigenvalue weighted by atomic mass is 16.2. The van der Waals surface area contributed by atoms with Crippen LogP contribution in [0.2, 0.25) is 0 Å². The quantitative estimate of drug-likeness (QED) is 0.210. The Labute approximate surface area is 255 Å². The average molecular weight is 602 g/mol. The number of nitrogens with two attached hydrogens (primary N) is 1. The van der Waals surface area contributed by atoms with Crippen LogP contribution in [0.3, 0.4) is 0 Å². The first-order valence-corrected chi connectivity index (χ1v) is 15.3. The predicted molar refractivity (Wildman–Crippen MR) is 162 cm³/mol. The number of allylic oxidation sites excluding steroid dienone is 1. The van der Waals surface area contributed by atoms with Crippen molar-refractivity contribution in [1.29, 1.82) is 0 Å². The predicted octanol–water partition coefficient (Wildman–Crippen LogP) is 2.47. The Hall–Kier alpha value is -3.24. The second-order valence-electron chi connectivity index (χ2n) is 15.7. The fraction of sp³-hybridized carbons (Fsp3) is 0.750. The zero-order valence-electron chi connectivity index (χ0n) is 27.4. The Morgan fingerprint density at radius 2 is 1.47 bits per heavy atom. The Kier molecular flexibility index (Phi) is 9.59. The van der Waals surface area contributed by atoms with Gasteiger partial charge in [0.25, 0.3) is 5.91 Å². The molecule has 11 heteroatoms. The zero-order chi connectivity index (χ0) is 32.8. The van der Waals surface area contributed by atoms with Crippen LogP contribution in [-0.2, 0) is 24.0 Å². The van der Waals surface area contributed by atoms with Gasteiger partial charge in [0.15, 0.2) is 5.78 Å². The molecule has 2 aliphatic carbocycles. The molecule has 240 valence electrons. The van der Waals surface area contributed by atoms with Gasteiger partial charge in [0, 0.05) is 18.4 Å². The van der Waals surface area contributed by atoms with Crippen LogP contribution in [0.25, 0.3) is 0 Å². The molecule has 0 aromatic rings. The molecule has 3 aliphatic rings. The smallest absolute Gasteiger partial charge is 0.316 e. The number of ketones is 2. The second kappa shape index (κ2) is 12.0. The Morgan fingerprint density at radius 1 is 0.930 bits per heavy atom. The number of amides is 5. The van der Waals surface area contributed by atoms with Gasteiger partial charge in [-0.05, 0) is 34.2 Å². The van der Waals surface area contributed by atoms with Crippen molar-refractivity contribution >= 4 is 35.3 Å². The first-order valence-electron chi connectivity index (χ1n) is 15.3. The summed E-state index contributed by atoms with van der Waals surface area (Å²) in [4.78, 5) is 80.3. The maximum atomic E-state index is 14.3. The van der Waals surface area contributed by atoms with Crippen LogP contribution >= 0.6 is 0 Å². The summed E-state index contributed by atoms with van der Waals surface area (Å²) in [5, 5.41) is 8.36. The van der Waals surface area contributed by atoms with Gasteiger partial charge in [-0.3, -0.25) is 24.0 Å². The topological polar surface area (TPSA) is 168 Å². The Bertz CT molecular complexity index is 1200. The van der Waals surface area contributed by atoms with E-state index in [9.17, 15) is 28.8 Å². The zero-order valence-corrected chi connectivity index (χ0v) is 27.4. The molecule has 0 aromatic heterocycles. The lowest BCUT2D eigenvalue weighted by atomic mass is 9.63. The Morgan fingerprint density at radius 3 is 1.91 bits per heavy atom. The van der Waals surface area contributed by atoms with Crippen molar-refractivity contribution in [3.8, 4) is 0 Å². The van der Waals surface area contributed by atoms with Crippen molar-refractivity contribution in [3.05, 3.63) is 11.6 Å². The molecular formula is C32H51N5O6. The third-order valence-electron chi connectivity index (χ3n) is 8.84. The summed E-state index contributed by atoms with van der Waals surface area (Å²) in [6.07, 6.45) is 4.18. The number of hydrogen-bond donors (Lipinski definition) is 4. The molecule has 0 aromatic carbocycles. The highest BCUT2D eigenvalue weighted by molar-refractivity contribution is 6.37. The molecule has 1 saturated carbocycles. The molecule has 1 aliphatic heterocycles. The molecule has 5 N–H and O–H groups in total. The van der Waals surface area contributed by atoms with Crippen LogP contribution in [0.1, 0.15) is 88.5 Å². The van der Waals surface area contributed by atoms with Gasteiger partial charge in [0.05, 0.1) is 12.1 Å². The third-order valence-corrected chi connectivity index (χ3v) is 8.84. The standard InChI is InChI=1S/C32H51N5O6/c1-16(2)22(38)24(30(3,4)5)35-29(43)36-25(31(6,7)8)28(42)37-15-18-14-32(9,10)20(18)21(37)27(41)34-19(13-17-11-12-17)23(39)26(33)40/h14,16-17,19-21,24-25H,11-13,15H2,1-10H3,(H2,33,40)(H,34,41)(H2,35,36,43)/t19?,20-,21-,24+,25+/m0/s1. The van der Waals surface area contributed by atoms with E-state index < -0.39 is 64.5 Å². The summed E-state index contributed by atoms with van der Waals surface area (Å²) in [5.74, 6) is -3.40. The first-order chi connectivity index (χ1) is 19.6. The number of hydrogen-bond acceptors (Lipinski definition) is 6. The van der Waals surface area contributed by atoms with Gasteiger partial charge in [-0.2, -0.15) is 0 Å². The second-order valence-corrected chi connectivity index (χ2v) is 15.7. The van der Waals surface area contributed by atoms with Crippen LogP contribution in [0.5, 0.6) is 0 Å². The van der Waals surface area contributed by atoms with Gasteiger partial charge in [0.1, 0.15) is 12.1 Å². The van der Waals surface area contributed by atoms with Crippen molar-refractivity contribution in [3.63, 3.8) is 0 Å². The number of primary amides is 1. The first kappa shape index (κ1) is 34.3. The summed E-state index contributed by atoms with van der Waals surface area (Å²) in [5.41, 5.74) is 4.53. The number of nitrogens with one attached hydrogen (secondary N) is 3. The number of urea groups is 1. The molecule has 2 fully saturated rings. The van der Waals surface area contributed by atoms with Crippen molar-refractivity contribution in [2.24, 2.45) is 39.7 Å². The molecule has 0 spiro atoms. The highest BCUT2D eigenvalue weighted by Gasteiger charge is 2.57. The van der Waals surface area contributed by atoms with E-state index in [2.05, 4.69) is 16.0 Å². The molecule has 5 amide bonds. The number of fused-ring (bicyclic) bond motifs is 1. The molecule has 5 atom stereocenters. The largest absolute Gasteiger partial charge is 0.363 e. The summed E-state index contributed by atoms with van der Waals surface area (Å²) in [6, 6.07) is -4.46. The maximum absolute atomic E-state index is 14.3. The fourth-order valence-electron chi connectivity index (χ4n) is 6.29. The van der Waals surface area contributed by atoms with E-state index in [1.807, 2.05) is 61.5 Å². The molecule has 0 bridgehead atoms. The van der Waals surface area contributed by atoms with Crippen LogP contribution in [-0.4, -0.2) is 70.9 Å². The van der Waals surface area contributed by atoms with E-state index in [1.54, 1.807) is 13.8 Å². The van der Waals surface area contributed by atoms with Gasteiger partial charge >= 0.3 is 6.03 Å². The van der Waals surface area contributed by atoms with E-state index in [-0.39, 0.29) is 35.5 Å². The number of likely N-dealkylation sites (tertiary alicyclic amines) is 1. The Balaban J connectivity index is 1.89. The van der Waals surface area contributed by atoms with Crippen molar-refractivity contribution in [2.75, 3.05) is 6.54 Å². The van der Waals surface area contributed by atoms with Crippen molar-refractivity contribution in [1.82, 2.24) is 20.9 Å². The van der Waals surface area contributed by atoms with Gasteiger partial charge < -0.3 is 26.6 Å².